The summed E-state index contributed by atoms with van der Waals surface area (Å²) in [4.78, 5) is 15.6. The van der Waals surface area contributed by atoms with Crippen LogP contribution in [-0.2, 0) is 17.7 Å². The van der Waals surface area contributed by atoms with Crippen molar-refractivity contribution in [3.8, 4) is 11.5 Å². The van der Waals surface area contributed by atoms with Gasteiger partial charge in [0.1, 0.15) is 5.69 Å². The molecule has 0 aliphatic rings. The lowest BCUT2D eigenvalue weighted by Gasteiger charge is -2.06. The summed E-state index contributed by atoms with van der Waals surface area (Å²) in [6.45, 7) is 2.40. The van der Waals surface area contributed by atoms with Gasteiger partial charge in [-0.05, 0) is 12.1 Å². The van der Waals surface area contributed by atoms with Crippen LogP contribution in [0.2, 0.25) is 0 Å². The number of aromatic hydroxyl groups is 2. The Kier molecular flexibility index (Phi) is 6.59. The summed E-state index contributed by atoms with van der Waals surface area (Å²) in [7, 11) is 0. The predicted octanol–water partition coefficient (Wildman–Crippen LogP) is -1.80. The Balaban J connectivity index is 0.00000242. The van der Waals surface area contributed by atoms with Crippen molar-refractivity contribution in [2.75, 3.05) is 6.61 Å². The molecule has 0 aliphatic heterocycles. The highest BCUT2D eigenvalue weighted by Crippen LogP contribution is 2.25. The Hall–Kier alpha value is -2.34. The van der Waals surface area contributed by atoms with Crippen LogP contribution in [0.3, 0.4) is 0 Å². The number of esters is 1. The maximum absolute atomic E-state index is 11.7. The van der Waals surface area contributed by atoms with Crippen LogP contribution in [0.1, 0.15) is 23.1 Å². The van der Waals surface area contributed by atoms with Crippen molar-refractivity contribution in [3.05, 3.63) is 48.0 Å². The molecule has 0 amide bonds. The third-order valence-electron chi connectivity index (χ3n) is 3.05. The van der Waals surface area contributed by atoms with E-state index in [1.807, 2.05) is 6.92 Å². The molecule has 2 heterocycles. The largest absolute Gasteiger partial charge is 1.00 e. The molecular formula is C15H17ClN2O4. The van der Waals surface area contributed by atoms with E-state index >= 15 is 0 Å². The maximum Gasteiger partial charge on any atom is 0.357 e. The average Bonchev–Trinajstić information content (AvgIpc) is 2.51. The number of ether oxygens (including phenoxy) is 1. The molecule has 0 spiro atoms. The lowest BCUT2D eigenvalue weighted by atomic mass is 10.2. The number of rotatable bonds is 5. The minimum atomic E-state index is -0.489. The summed E-state index contributed by atoms with van der Waals surface area (Å²) in [5.41, 5.74) is 0.843. The molecule has 2 N–H and O–H groups in total. The fraction of sp³-hybridized carbons (Fsp3) is 0.267. The molecule has 0 unspecified atom stereocenters. The summed E-state index contributed by atoms with van der Waals surface area (Å²) < 4.78 is 6.87. The van der Waals surface area contributed by atoms with Crippen molar-refractivity contribution in [2.24, 2.45) is 0 Å². The molecule has 0 fully saturated rings. The third-order valence-corrected chi connectivity index (χ3v) is 3.05. The molecule has 0 atom stereocenters. The van der Waals surface area contributed by atoms with Gasteiger partial charge in [-0.2, -0.15) is 4.57 Å². The van der Waals surface area contributed by atoms with E-state index in [2.05, 4.69) is 4.98 Å². The highest BCUT2D eigenvalue weighted by atomic mass is 35.5. The van der Waals surface area contributed by atoms with Crippen molar-refractivity contribution in [3.63, 3.8) is 0 Å². The third kappa shape index (κ3) is 4.08. The van der Waals surface area contributed by atoms with Crippen LogP contribution < -0.4 is 17.0 Å². The second-order valence-electron chi connectivity index (χ2n) is 4.39. The molecular weight excluding hydrogens is 308 g/mol. The average molecular weight is 325 g/mol. The molecule has 118 valence electrons. The summed E-state index contributed by atoms with van der Waals surface area (Å²) in [5, 5.41) is 19.2. The monoisotopic (exact) mass is 324 g/mol. The Morgan fingerprint density at radius 1 is 1.32 bits per heavy atom. The molecule has 0 aromatic carbocycles. The van der Waals surface area contributed by atoms with E-state index in [9.17, 15) is 15.0 Å². The van der Waals surface area contributed by atoms with Crippen LogP contribution in [0.4, 0.5) is 0 Å². The molecule has 22 heavy (non-hydrogen) atoms. The van der Waals surface area contributed by atoms with Crippen LogP contribution in [0, 0.1) is 0 Å². The lowest BCUT2D eigenvalue weighted by Crippen LogP contribution is -3.00. The highest BCUT2D eigenvalue weighted by molar-refractivity contribution is 5.87. The SMILES string of the molecule is CCc1c(O)c(O)cc[n+]1CCOC(=O)c1ccccn1.[Cl-]. The Bertz CT molecular complexity index is 635. The van der Waals surface area contributed by atoms with E-state index in [-0.39, 0.29) is 36.2 Å². The zero-order chi connectivity index (χ0) is 15.2. The zero-order valence-electron chi connectivity index (χ0n) is 12.1. The van der Waals surface area contributed by atoms with Crippen LogP contribution in [0.25, 0.3) is 0 Å². The minimum Gasteiger partial charge on any atom is -1.00 e. The molecule has 0 saturated heterocycles. The van der Waals surface area contributed by atoms with Gasteiger partial charge in [0.2, 0.25) is 11.4 Å². The fourth-order valence-electron chi connectivity index (χ4n) is 1.99. The number of aromatic nitrogens is 2. The van der Waals surface area contributed by atoms with Gasteiger partial charge in [0.05, 0.1) is 0 Å². The lowest BCUT2D eigenvalue weighted by molar-refractivity contribution is -0.705. The molecule has 0 bridgehead atoms. The van der Waals surface area contributed by atoms with Gasteiger partial charge in [0.15, 0.2) is 25.1 Å². The van der Waals surface area contributed by atoms with E-state index in [1.165, 1.54) is 12.3 Å². The quantitative estimate of drug-likeness (QED) is 0.501. The number of nitrogens with zero attached hydrogens (tertiary/aromatic N) is 2. The summed E-state index contributed by atoms with van der Waals surface area (Å²) in [5.74, 6) is -0.790. The van der Waals surface area contributed by atoms with E-state index in [1.54, 1.807) is 29.0 Å². The molecule has 2 aromatic heterocycles. The normalized spacial score (nSPS) is 9.86. The Morgan fingerprint density at radius 2 is 2.09 bits per heavy atom. The molecule has 6 nitrogen and oxygen atoms in total. The van der Waals surface area contributed by atoms with Gasteiger partial charge in [-0.1, -0.05) is 13.0 Å². The van der Waals surface area contributed by atoms with Gasteiger partial charge in [-0.3, -0.25) is 0 Å². The standard InChI is InChI=1S/C15H16N2O4.ClH/c1-2-12-14(19)13(18)6-8-17(12)9-10-21-15(20)11-5-3-4-7-16-11;/h3-8,19H,2,9-10H2,1H3;1H. The minimum absolute atomic E-state index is 0. The van der Waals surface area contributed by atoms with E-state index in [0.29, 0.717) is 18.7 Å². The van der Waals surface area contributed by atoms with Gasteiger partial charge < -0.3 is 27.4 Å². The first-order chi connectivity index (χ1) is 10.1. The number of hydrogen-bond donors (Lipinski definition) is 2. The van der Waals surface area contributed by atoms with Crippen LogP contribution in [0.5, 0.6) is 11.5 Å². The van der Waals surface area contributed by atoms with Gasteiger partial charge >= 0.3 is 5.97 Å². The smallest absolute Gasteiger partial charge is 0.357 e. The molecule has 0 saturated carbocycles. The van der Waals surface area contributed by atoms with Gasteiger partial charge in [0, 0.05) is 18.7 Å². The highest BCUT2D eigenvalue weighted by Gasteiger charge is 2.18. The maximum atomic E-state index is 11.7. The first-order valence-corrected chi connectivity index (χ1v) is 6.65. The predicted molar refractivity (Wildman–Crippen MR) is 73.9 cm³/mol. The number of pyridine rings is 2. The Morgan fingerprint density at radius 3 is 2.73 bits per heavy atom. The Labute approximate surface area is 134 Å². The first-order valence-electron chi connectivity index (χ1n) is 6.65. The first kappa shape index (κ1) is 17.7. The summed E-state index contributed by atoms with van der Waals surface area (Å²) in [6, 6.07) is 6.42. The number of carbonyl (C=O) groups is 1. The van der Waals surface area contributed by atoms with E-state index < -0.39 is 5.97 Å². The second-order valence-corrected chi connectivity index (χ2v) is 4.39. The van der Waals surface area contributed by atoms with E-state index in [0.717, 1.165) is 0 Å². The topological polar surface area (TPSA) is 83.5 Å². The van der Waals surface area contributed by atoms with Crippen molar-refractivity contribution in [1.82, 2.24) is 4.98 Å². The zero-order valence-corrected chi connectivity index (χ0v) is 12.8. The van der Waals surface area contributed by atoms with Crippen LogP contribution in [-0.4, -0.2) is 27.8 Å². The second kappa shape index (κ2) is 8.19. The van der Waals surface area contributed by atoms with E-state index in [4.69, 9.17) is 4.74 Å². The molecule has 7 heteroatoms. The number of halogens is 1. The molecule has 0 aliphatic carbocycles. The van der Waals surface area contributed by atoms with Gasteiger partial charge in [-0.25, -0.2) is 9.78 Å². The van der Waals surface area contributed by atoms with Crippen molar-refractivity contribution < 1.29 is 36.7 Å². The fourth-order valence-corrected chi connectivity index (χ4v) is 1.99. The number of hydrogen-bond acceptors (Lipinski definition) is 5. The van der Waals surface area contributed by atoms with Crippen LogP contribution in [0.15, 0.2) is 36.7 Å². The summed E-state index contributed by atoms with van der Waals surface area (Å²) in [6.07, 6.45) is 3.72. The van der Waals surface area contributed by atoms with Gasteiger partial charge in [0.25, 0.3) is 0 Å². The molecule has 0 radical (unpaired) electrons. The molecule has 2 rings (SSSR count). The van der Waals surface area contributed by atoms with Crippen molar-refractivity contribution >= 4 is 5.97 Å². The van der Waals surface area contributed by atoms with Crippen molar-refractivity contribution in [2.45, 2.75) is 19.9 Å². The van der Waals surface area contributed by atoms with Crippen LogP contribution >= 0.6 is 0 Å². The van der Waals surface area contributed by atoms with Gasteiger partial charge in [-0.15, -0.1) is 0 Å². The number of carbonyl (C=O) groups excluding carboxylic acids is 1. The summed E-state index contributed by atoms with van der Waals surface area (Å²) >= 11 is 0. The molecule has 2 aromatic rings. The van der Waals surface area contributed by atoms with Crippen molar-refractivity contribution in [1.29, 1.82) is 0 Å².